The molecule has 104 valence electrons. The van der Waals surface area contributed by atoms with E-state index in [1.165, 1.54) is 5.56 Å². The maximum absolute atomic E-state index is 11.8. The molecule has 20 heavy (non-hydrogen) atoms. The third kappa shape index (κ3) is 4.28. The molecule has 0 saturated carbocycles. The van der Waals surface area contributed by atoms with Crippen LogP contribution < -0.4 is 10.1 Å². The first-order chi connectivity index (χ1) is 9.67. The second kappa shape index (κ2) is 6.96. The highest BCUT2D eigenvalue weighted by Crippen LogP contribution is 2.15. The van der Waals surface area contributed by atoms with Gasteiger partial charge in [-0.15, -0.1) is 0 Å². The van der Waals surface area contributed by atoms with Gasteiger partial charge in [0.2, 0.25) is 0 Å². The second-order valence-electron chi connectivity index (χ2n) is 4.34. The maximum atomic E-state index is 11.8. The highest BCUT2D eigenvalue weighted by molar-refractivity contribution is 6.30. The van der Waals surface area contributed by atoms with Gasteiger partial charge in [-0.3, -0.25) is 4.79 Å². The Bertz CT molecular complexity index is 581. The SMILES string of the molecule is CCc1cccc(NC(=O)COc2ccc(Cl)cc2)c1. The van der Waals surface area contributed by atoms with Gasteiger partial charge >= 0.3 is 0 Å². The molecule has 0 heterocycles. The molecule has 0 aliphatic carbocycles. The lowest BCUT2D eigenvalue weighted by Gasteiger charge is -2.08. The van der Waals surface area contributed by atoms with Gasteiger partial charge in [-0.1, -0.05) is 30.7 Å². The van der Waals surface area contributed by atoms with Crippen molar-refractivity contribution < 1.29 is 9.53 Å². The number of aryl methyl sites for hydroxylation is 1. The summed E-state index contributed by atoms with van der Waals surface area (Å²) in [6, 6.07) is 14.7. The summed E-state index contributed by atoms with van der Waals surface area (Å²) < 4.78 is 5.38. The van der Waals surface area contributed by atoms with Crippen LogP contribution in [0.15, 0.2) is 48.5 Å². The normalized spacial score (nSPS) is 10.1. The van der Waals surface area contributed by atoms with Crippen LogP contribution in [0.25, 0.3) is 0 Å². The minimum Gasteiger partial charge on any atom is -0.484 e. The third-order valence-corrected chi connectivity index (χ3v) is 3.05. The van der Waals surface area contributed by atoms with Crippen molar-refractivity contribution in [3.63, 3.8) is 0 Å². The number of hydrogen-bond acceptors (Lipinski definition) is 2. The van der Waals surface area contributed by atoms with Gasteiger partial charge in [0, 0.05) is 10.7 Å². The minimum atomic E-state index is -0.187. The molecule has 2 aromatic carbocycles. The van der Waals surface area contributed by atoms with Crippen molar-refractivity contribution in [1.82, 2.24) is 0 Å². The molecule has 0 spiro atoms. The number of benzene rings is 2. The van der Waals surface area contributed by atoms with Crippen molar-refractivity contribution in [2.24, 2.45) is 0 Å². The smallest absolute Gasteiger partial charge is 0.262 e. The monoisotopic (exact) mass is 289 g/mol. The molecule has 1 N–H and O–H groups in total. The van der Waals surface area contributed by atoms with E-state index < -0.39 is 0 Å². The number of anilines is 1. The van der Waals surface area contributed by atoms with E-state index in [2.05, 4.69) is 12.2 Å². The van der Waals surface area contributed by atoms with E-state index in [0.717, 1.165) is 12.1 Å². The fourth-order valence-corrected chi connectivity index (χ4v) is 1.87. The van der Waals surface area contributed by atoms with Crippen LogP contribution in [0.4, 0.5) is 5.69 Å². The molecular formula is C16H16ClNO2. The average Bonchev–Trinajstić information content (AvgIpc) is 2.47. The predicted octanol–water partition coefficient (Wildman–Crippen LogP) is 3.92. The molecule has 0 aliphatic rings. The zero-order chi connectivity index (χ0) is 14.4. The Kier molecular flexibility index (Phi) is 5.02. The Balaban J connectivity index is 1.87. The van der Waals surface area contributed by atoms with Crippen LogP contribution in [0.5, 0.6) is 5.75 Å². The number of hydrogen-bond donors (Lipinski definition) is 1. The Morgan fingerprint density at radius 1 is 1.20 bits per heavy atom. The molecule has 0 bridgehead atoms. The van der Waals surface area contributed by atoms with E-state index in [1.807, 2.05) is 24.3 Å². The van der Waals surface area contributed by atoms with E-state index in [4.69, 9.17) is 16.3 Å². The fraction of sp³-hybridized carbons (Fsp3) is 0.188. The summed E-state index contributed by atoms with van der Waals surface area (Å²) in [4.78, 5) is 11.8. The summed E-state index contributed by atoms with van der Waals surface area (Å²) in [6.07, 6.45) is 0.936. The van der Waals surface area contributed by atoms with E-state index in [9.17, 15) is 4.79 Å². The van der Waals surface area contributed by atoms with Crippen LogP contribution in [0.2, 0.25) is 5.02 Å². The Morgan fingerprint density at radius 2 is 1.95 bits per heavy atom. The molecular weight excluding hydrogens is 274 g/mol. The number of ether oxygens (including phenoxy) is 1. The highest BCUT2D eigenvalue weighted by Gasteiger charge is 2.04. The number of carbonyl (C=O) groups excluding carboxylic acids is 1. The highest BCUT2D eigenvalue weighted by atomic mass is 35.5. The van der Waals surface area contributed by atoms with Gasteiger partial charge in [0.15, 0.2) is 6.61 Å². The van der Waals surface area contributed by atoms with Gasteiger partial charge < -0.3 is 10.1 Å². The summed E-state index contributed by atoms with van der Waals surface area (Å²) in [6.45, 7) is 2.04. The molecule has 3 nitrogen and oxygen atoms in total. The average molecular weight is 290 g/mol. The molecule has 4 heteroatoms. The molecule has 2 aromatic rings. The summed E-state index contributed by atoms with van der Waals surface area (Å²) in [5, 5.41) is 3.45. The zero-order valence-corrected chi connectivity index (χ0v) is 12.0. The van der Waals surface area contributed by atoms with Gasteiger partial charge in [-0.2, -0.15) is 0 Å². The number of halogens is 1. The molecule has 0 aliphatic heterocycles. The van der Waals surface area contributed by atoms with Crippen LogP contribution in [0, 0.1) is 0 Å². The molecule has 0 aromatic heterocycles. The van der Waals surface area contributed by atoms with Gasteiger partial charge in [-0.05, 0) is 48.4 Å². The fourth-order valence-electron chi connectivity index (χ4n) is 1.75. The topological polar surface area (TPSA) is 38.3 Å². The maximum Gasteiger partial charge on any atom is 0.262 e. The van der Waals surface area contributed by atoms with Crippen molar-refractivity contribution >= 4 is 23.2 Å². The Hall–Kier alpha value is -2.00. The van der Waals surface area contributed by atoms with Crippen LogP contribution in [-0.4, -0.2) is 12.5 Å². The number of rotatable bonds is 5. The standard InChI is InChI=1S/C16H16ClNO2/c1-2-12-4-3-5-14(10-12)18-16(19)11-20-15-8-6-13(17)7-9-15/h3-10H,2,11H2,1H3,(H,18,19). The first-order valence-corrected chi connectivity index (χ1v) is 6.82. The lowest BCUT2D eigenvalue weighted by Crippen LogP contribution is -2.20. The molecule has 0 saturated heterocycles. The molecule has 0 radical (unpaired) electrons. The van der Waals surface area contributed by atoms with E-state index in [-0.39, 0.29) is 12.5 Å². The van der Waals surface area contributed by atoms with Gasteiger partial charge in [0.05, 0.1) is 0 Å². The molecule has 2 rings (SSSR count). The molecule has 0 unspecified atom stereocenters. The van der Waals surface area contributed by atoms with Crippen molar-refractivity contribution in [3.8, 4) is 5.75 Å². The van der Waals surface area contributed by atoms with E-state index in [1.54, 1.807) is 24.3 Å². The van der Waals surface area contributed by atoms with Crippen LogP contribution in [0.1, 0.15) is 12.5 Å². The molecule has 0 fully saturated rings. The summed E-state index contributed by atoms with van der Waals surface area (Å²) >= 11 is 5.78. The molecule has 0 atom stereocenters. The zero-order valence-electron chi connectivity index (χ0n) is 11.2. The summed E-state index contributed by atoms with van der Waals surface area (Å²) in [5.41, 5.74) is 1.97. The van der Waals surface area contributed by atoms with Gasteiger partial charge in [0.25, 0.3) is 5.91 Å². The number of nitrogens with one attached hydrogen (secondary N) is 1. The second-order valence-corrected chi connectivity index (χ2v) is 4.78. The van der Waals surface area contributed by atoms with Gasteiger partial charge in [0.1, 0.15) is 5.75 Å². The van der Waals surface area contributed by atoms with Crippen molar-refractivity contribution in [2.75, 3.05) is 11.9 Å². The van der Waals surface area contributed by atoms with Crippen molar-refractivity contribution in [2.45, 2.75) is 13.3 Å². The lowest BCUT2D eigenvalue weighted by molar-refractivity contribution is -0.118. The predicted molar refractivity (Wildman–Crippen MR) is 81.4 cm³/mol. The molecule has 1 amide bonds. The lowest BCUT2D eigenvalue weighted by atomic mass is 10.1. The quantitative estimate of drug-likeness (QED) is 0.906. The van der Waals surface area contributed by atoms with E-state index >= 15 is 0 Å². The number of amides is 1. The van der Waals surface area contributed by atoms with E-state index in [0.29, 0.717) is 10.8 Å². The number of carbonyl (C=O) groups is 1. The largest absolute Gasteiger partial charge is 0.484 e. The van der Waals surface area contributed by atoms with Gasteiger partial charge in [-0.25, -0.2) is 0 Å². The Labute approximate surface area is 123 Å². The van der Waals surface area contributed by atoms with Crippen LogP contribution >= 0.6 is 11.6 Å². The first kappa shape index (κ1) is 14.4. The van der Waals surface area contributed by atoms with Crippen molar-refractivity contribution in [1.29, 1.82) is 0 Å². The minimum absolute atomic E-state index is 0.0298. The van der Waals surface area contributed by atoms with Crippen molar-refractivity contribution in [3.05, 3.63) is 59.1 Å². The Morgan fingerprint density at radius 3 is 2.65 bits per heavy atom. The van der Waals surface area contributed by atoms with Crippen LogP contribution in [0.3, 0.4) is 0 Å². The summed E-state index contributed by atoms with van der Waals surface area (Å²) in [5.74, 6) is 0.431. The summed E-state index contributed by atoms with van der Waals surface area (Å²) in [7, 11) is 0. The van der Waals surface area contributed by atoms with Crippen LogP contribution in [-0.2, 0) is 11.2 Å². The first-order valence-electron chi connectivity index (χ1n) is 6.44. The third-order valence-electron chi connectivity index (χ3n) is 2.80.